The van der Waals surface area contributed by atoms with Crippen LogP contribution in [0.4, 0.5) is 5.82 Å². The van der Waals surface area contributed by atoms with Gasteiger partial charge in [0, 0.05) is 44.8 Å². The van der Waals surface area contributed by atoms with Crippen molar-refractivity contribution in [1.82, 2.24) is 20.4 Å². The van der Waals surface area contributed by atoms with E-state index in [1.54, 1.807) is 0 Å². The van der Waals surface area contributed by atoms with E-state index < -0.39 is 0 Å². The Morgan fingerprint density at radius 1 is 1.00 bits per heavy atom. The lowest BCUT2D eigenvalue weighted by atomic mass is 9.97. The molecule has 2 aliphatic heterocycles. The topological polar surface area (TPSA) is 61.4 Å². The summed E-state index contributed by atoms with van der Waals surface area (Å²) in [5, 5.41) is 12.1. The molecule has 1 fully saturated rings. The number of anilines is 1. The summed E-state index contributed by atoms with van der Waals surface area (Å²) in [5.74, 6) is 1.00. The summed E-state index contributed by atoms with van der Waals surface area (Å²) in [6, 6.07) is 21.0. The molecule has 1 aromatic heterocycles. The van der Waals surface area contributed by atoms with Gasteiger partial charge in [0.05, 0.1) is 11.6 Å². The van der Waals surface area contributed by atoms with Crippen LogP contribution in [0.1, 0.15) is 29.5 Å². The molecule has 34 heavy (non-hydrogen) atoms. The molecule has 0 aliphatic carbocycles. The Kier molecular flexibility index (Phi) is 6.86. The summed E-state index contributed by atoms with van der Waals surface area (Å²) < 4.78 is 0. The lowest BCUT2D eigenvalue weighted by Crippen LogP contribution is -2.45. The molecular weight excluding hydrogens is 422 g/mol. The quantitative estimate of drug-likeness (QED) is 0.612. The van der Waals surface area contributed by atoms with Gasteiger partial charge in [-0.3, -0.25) is 9.69 Å². The second-order valence-electron chi connectivity index (χ2n) is 9.51. The van der Waals surface area contributed by atoms with Crippen molar-refractivity contribution >= 4 is 11.7 Å². The highest BCUT2D eigenvalue weighted by molar-refractivity contribution is 5.79. The molecule has 1 saturated heterocycles. The fourth-order valence-corrected chi connectivity index (χ4v) is 5.00. The zero-order chi connectivity index (χ0) is 23.3. The van der Waals surface area contributed by atoms with Crippen molar-refractivity contribution in [2.75, 3.05) is 37.6 Å². The van der Waals surface area contributed by atoms with Crippen molar-refractivity contribution in [3.8, 4) is 11.3 Å². The number of piperidine rings is 1. The maximum atomic E-state index is 12.9. The van der Waals surface area contributed by atoms with Crippen LogP contribution in [0, 0.1) is 12.8 Å². The SMILES string of the molecule is Cc1ccc(-c2ccc(N3CCC[C@H](C(=O)NCCN4CCc5ccccc5C4)C3)nn2)cc1. The number of nitrogens with zero attached hydrogens (tertiary/aromatic N) is 4. The minimum Gasteiger partial charge on any atom is -0.355 e. The number of aryl methyl sites for hydroxylation is 1. The monoisotopic (exact) mass is 455 g/mol. The fourth-order valence-electron chi connectivity index (χ4n) is 5.00. The van der Waals surface area contributed by atoms with Gasteiger partial charge in [0.25, 0.3) is 0 Å². The third kappa shape index (κ3) is 5.28. The smallest absolute Gasteiger partial charge is 0.224 e. The fraction of sp³-hybridized carbons (Fsp3) is 0.393. The van der Waals surface area contributed by atoms with Gasteiger partial charge in [0.1, 0.15) is 0 Å². The van der Waals surface area contributed by atoms with Crippen LogP contribution in [-0.4, -0.2) is 53.7 Å². The molecule has 2 aliphatic rings. The number of carbonyl (C=O) groups is 1. The zero-order valence-electron chi connectivity index (χ0n) is 19.9. The van der Waals surface area contributed by atoms with Crippen LogP contribution >= 0.6 is 0 Å². The molecule has 1 amide bonds. The molecule has 1 atom stereocenters. The van der Waals surface area contributed by atoms with Gasteiger partial charge in [-0.1, -0.05) is 54.1 Å². The Labute approximate surface area is 202 Å². The van der Waals surface area contributed by atoms with Gasteiger partial charge in [0.2, 0.25) is 5.91 Å². The summed E-state index contributed by atoms with van der Waals surface area (Å²) in [5.41, 5.74) is 6.04. The van der Waals surface area contributed by atoms with E-state index in [9.17, 15) is 4.79 Å². The normalized spacial score (nSPS) is 18.4. The standard InChI is InChI=1S/C28H33N5O/c1-21-8-10-23(11-9-21)26-12-13-27(31-30-26)33-16-4-7-25(20-33)28(34)29-15-18-32-17-14-22-5-2-3-6-24(22)19-32/h2-3,5-6,8-13,25H,4,7,14-20H2,1H3,(H,29,34)/t25-/m0/s1. The first-order chi connectivity index (χ1) is 16.7. The molecule has 6 heteroatoms. The third-order valence-corrected chi connectivity index (χ3v) is 7.05. The Balaban J connectivity index is 1.11. The lowest BCUT2D eigenvalue weighted by Gasteiger charge is -2.33. The molecule has 2 aromatic carbocycles. The molecule has 0 radical (unpaired) electrons. The van der Waals surface area contributed by atoms with Gasteiger partial charge in [-0.2, -0.15) is 0 Å². The van der Waals surface area contributed by atoms with Crippen molar-refractivity contribution in [2.24, 2.45) is 5.92 Å². The van der Waals surface area contributed by atoms with Crippen molar-refractivity contribution < 1.29 is 4.79 Å². The number of rotatable bonds is 6. The van der Waals surface area contributed by atoms with Gasteiger partial charge >= 0.3 is 0 Å². The lowest BCUT2D eigenvalue weighted by molar-refractivity contribution is -0.125. The highest BCUT2D eigenvalue weighted by atomic mass is 16.1. The van der Waals surface area contributed by atoms with E-state index in [-0.39, 0.29) is 11.8 Å². The average molecular weight is 456 g/mol. The largest absolute Gasteiger partial charge is 0.355 e. The average Bonchev–Trinajstić information content (AvgIpc) is 2.89. The summed E-state index contributed by atoms with van der Waals surface area (Å²) >= 11 is 0. The molecule has 0 spiro atoms. The highest BCUT2D eigenvalue weighted by Crippen LogP contribution is 2.24. The number of hydrogen-bond acceptors (Lipinski definition) is 5. The van der Waals surface area contributed by atoms with Crippen LogP contribution in [0.5, 0.6) is 0 Å². The van der Waals surface area contributed by atoms with E-state index in [0.29, 0.717) is 13.1 Å². The molecule has 0 saturated carbocycles. The minimum atomic E-state index is -0.00518. The second kappa shape index (κ2) is 10.3. The first kappa shape index (κ1) is 22.5. The van der Waals surface area contributed by atoms with Crippen LogP contribution in [0.15, 0.2) is 60.7 Å². The molecule has 1 N–H and O–H groups in total. The van der Waals surface area contributed by atoms with Crippen molar-refractivity contribution in [1.29, 1.82) is 0 Å². The van der Waals surface area contributed by atoms with E-state index in [0.717, 1.165) is 62.5 Å². The Morgan fingerprint density at radius 3 is 2.62 bits per heavy atom. The molecule has 176 valence electrons. The summed E-state index contributed by atoms with van der Waals surface area (Å²) in [6.45, 7) is 7.30. The maximum Gasteiger partial charge on any atom is 0.224 e. The van der Waals surface area contributed by atoms with Crippen LogP contribution in [0.2, 0.25) is 0 Å². The van der Waals surface area contributed by atoms with E-state index >= 15 is 0 Å². The number of nitrogens with one attached hydrogen (secondary N) is 1. The van der Waals surface area contributed by atoms with E-state index in [4.69, 9.17) is 0 Å². The molecule has 5 rings (SSSR count). The summed E-state index contributed by atoms with van der Waals surface area (Å²) in [7, 11) is 0. The van der Waals surface area contributed by atoms with Gasteiger partial charge in [-0.15, -0.1) is 10.2 Å². The number of aromatic nitrogens is 2. The highest BCUT2D eigenvalue weighted by Gasteiger charge is 2.27. The van der Waals surface area contributed by atoms with Gasteiger partial charge in [-0.05, 0) is 49.4 Å². The molecule has 6 nitrogen and oxygen atoms in total. The third-order valence-electron chi connectivity index (χ3n) is 7.05. The van der Waals surface area contributed by atoms with E-state index in [2.05, 4.69) is 80.8 Å². The molecule has 0 bridgehead atoms. The number of hydrogen-bond donors (Lipinski definition) is 1. The number of carbonyl (C=O) groups excluding carboxylic acids is 1. The Bertz CT molecular complexity index is 1110. The minimum absolute atomic E-state index is 0.00518. The van der Waals surface area contributed by atoms with E-state index in [1.807, 2.05) is 12.1 Å². The molecule has 3 aromatic rings. The van der Waals surface area contributed by atoms with Crippen molar-refractivity contribution in [3.05, 3.63) is 77.4 Å². The maximum absolute atomic E-state index is 12.9. The predicted molar refractivity (Wildman–Crippen MR) is 136 cm³/mol. The van der Waals surface area contributed by atoms with Gasteiger partial charge in [0.15, 0.2) is 5.82 Å². The van der Waals surface area contributed by atoms with E-state index in [1.165, 1.54) is 16.7 Å². The van der Waals surface area contributed by atoms with Crippen LogP contribution in [-0.2, 0) is 17.8 Å². The molecule has 0 unspecified atom stereocenters. The molecule has 3 heterocycles. The van der Waals surface area contributed by atoms with Crippen molar-refractivity contribution in [3.63, 3.8) is 0 Å². The first-order valence-electron chi connectivity index (χ1n) is 12.4. The predicted octanol–water partition coefficient (Wildman–Crippen LogP) is 3.84. The van der Waals surface area contributed by atoms with Gasteiger partial charge < -0.3 is 10.2 Å². The Morgan fingerprint density at radius 2 is 1.82 bits per heavy atom. The van der Waals surface area contributed by atoms with Gasteiger partial charge in [-0.25, -0.2) is 0 Å². The first-order valence-corrected chi connectivity index (χ1v) is 12.4. The van der Waals surface area contributed by atoms with Crippen LogP contribution in [0.25, 0.3) is 11.3 Å². The summed E-state index contributed by atoms with van der Waals surface area (Å²) in [6.07, 6.45) is 3.00. The summed E-state index contributed by atoms with van der Waals surface area (Å²) in [4.78, 5) is 17.5. The van der Waals surface area contributed by atoms with Crippen LogP contribution < -0.4 is 10.2 Å². The number of amides is 1. The zero-order valence-corrected chi connectivity index (χ0v) is 19.9. The number of fused-ring (bicyclic) bond motifs is 1. The second-order valence-corrected chi connectivity index (χ2v) is 9.51. The Hall–Kier alpha value is -3.25. The van der Waals surface area contributed by atoms with Crippen molar-refractivity contribution in [2.45, 2.75) is 32.7 Å². The van der Waals surface area contributed by atoms with Crippen LogP contribution in [0.3, 0.4) is 0 Å². The number of benzene rings is 2. The molecular formula is C28H33N5O.